The van der Waals surface area contributed by atoms with Crippen LogP contribution in [-0.4, -0.2) is 0 Å². The standard InChI is InChI=1S/C13H12.C11H10.2C8H10.C7H8/c1-11-7-9-13(10-8-11)12-5-3-2-4-6-12;1-9-6-7-10-4-2-3-5-11(10)8-9;2*1-7-3-5-8(2)6-4-7;1-7-5-3-2-4-6-7/h2-10H,1H3;2-8H,1H3;2*3-6H,1-2H3;2-6H,1H3. The average molecular weight is 615 g/mol. The van der Waals surface area contributed by atoms with Gasteiger partial charge in [0.25, 0.3) is 0 Å². The fourth-order valence-electron chi connectivity index (χ4n) is 4.49. The van der Waals surface area contributed by atoms with Gasteiger partial charge in [-0.1, -0.05) is 215 Å². The van der Waals surface area contributed by atoms with Crippen LogP contribution in [0.3, 0.4) is 0 Å². The van der Waals surface area contributed by atoms with E-state index in [9.17, 15) is 0 Å². The molecule has 0 heterocycles. The first-order chi connectivity index (χ1) is 22.7. The second kappa shape index (κ2) is 20.0. The lowest BCUT2D eigenvalue weighted by molar-refractivity contribution is 1.40. The molecular weight excluding hydrogens is 565 g/mol. The quantitative estimate of drug-likeness (QED) is 0.173. The number of benzene rings is 7. The van der Waals surface area contributed by atoms with E-state index in [1.165, 1.54) is 60.8 Å². The normalized spacial score (nSPS) is 9.60. The van der Waals surface area contributed by atoms with Crippen molar-refractivity contribution in [1.82, 2.24) is 0 Å². The molecule has 0 fully saturated rings. The highest BCUT2D eigenvalue weighted by atomic mass is 14.0. The summed E-state index contributed by atoms with van der Waals surface area (Å²) in [5.74, 6) is 0. The van der Waals surface area contributed by atoms with Crippen molar-refractivity contribution in [2.75, 3.05) is 0 Å². The van der Waals surface area contributed by atoms with Gasteiger partial charge in [-0.25, -0.2) is 0 Å². The zero-order valence-electron chi connectivity index (χ0n) is 29.2. The van der Waals surface area contributed by atoms with Crippen molar-refractivity contribution < 1.29 is 0 Å². The van der Waals surface area contributed by atoms with Crippen LogP contribution in [-0.2, 0) is 0 Å². The molecule has 0 N–H and O–H groups in total. The highest BCUT2D eigenvalue weighted by Crippen LogP contribution is 2.18. The molecule has 7 rings (SSSR count). The molecule has 0 saturated heterocycles. The predicted molar refractivity (Wildman–Crippen MR) is 208 cm³/mol. The van der Waals surface area contributed by atoms with Crippen LogP contribution in [0.2, 0.25) is 0 Å². The molecule has 0 radical (unpaired) electrons. The first-order valence-corrected chi connectivity index (χ1v) is 16.4. The maximum absolute atomic E-state index is 2.20. The minimum Gasteiger partial charge on any atom is -0.0622 e. The molecule has 0 unspecified atom stereocenters. The van der Waals surface area contributed by atoms with Gasteiger partial charge in [0.05, 0.1) is 0 Å². The summed E-state index contributed by atoms with van der Waals surface area (Å²) in [6, 6.07) is 61.2. The fourth-order valence-corrected chi connectivity index (χ4v) is 4.49. The van der Waals surface area contributed by atoms with Crippen molar-refractivity contribution in [3.63, 3.8) is 0 Å². The lowest BCUT2D eigenvalue weighted by atomic mass is 10.0. The van der Waals surface area contributed by atoms with Gasteiger partial charge in [-0.2, -0.15) is 0 Å². The summed E-state index contributed by atoms with van der Waals surface area (Å²) >= 11 is 0. The fraction of sp³-hybridized carbons (Fsp3) is 0.149. The Morgan fingerprint density at radius 2 is 0.511 bits per heavy atom. The van der Waals surface area contributed by atoms with Gasteiger partial charge in [0.2, 0.25) is 0 Å². The van der Waals surface area contributed by atoms with Crippen molar-refractivity contribution in [2.24, 2.45) is 0 Å². The average Bonchev–Trinajstić information content (AvgIpc) is 3.10. The Kier molecular flexibility index (Phi) is 15.5. The van der Waals surface area contributed by atoms with Crippen LogP contribution in [0.5, 0.6) is 0 Å². The van der Waals surface area contributed by atoms with Crippen molar-refractivity contribution in [2.45, 2.75) is 48.5 Å². The topological polar surface area (TPSA) is 0 Å². The van der Waals surface area contributed by atoms with Gasteiger partial charge in [-0.05, 0) is 70.4 Å². The van der Waals surface area contributed by atoms with Gasteiger partial charge in [0.1, 0.15) is 0 Å². The Morgan fingerprint density at radius 3 is 0.915 bits per heavy atom. The van der Waals surface area contributed by atoms with Gasteiger partial charge in [-0.3, -0.25) is 0 Å². The van der Waals surface area contributed by atoms with Crippen molar-refractivity contribution in [3.8, 4) is 11.1 Å². The van der Waals surface area contributed by atoms with Crippen LogP contribution in [0.4, 0.5) is 0 Å². The molecular formula is C47H50. The molecule has 0 aliphatic heterocycles. The Bertz CT molecular complexity index is 1740. The molecule has 0 saturated carbocycles. The Labute approximate surface area is 284 Å². The first kappa shape index (κ1) is 36.3. The zero-order valence-corrected chi connectivity index (χ0v) is 29.2. The molecule has 0 bridgehead atoms. The van der Waals surface area contributed by atoms with E-state index in [4.69, 9.17) is 0 Å². The van der Waals surface area contributed by atoms with Gasteiger partial charge < -0.3 is 0 Å². The smallest absolute Gasteiger partial charge is 0.0181 e. The summed E-state index contributed by atoms with van der Waals surface area (Å²) in [4.78, 5) is 0. The Hall–Kier alpha value is -5.20. The zero-order chi connectivity index (χ0) is 33.9. The van der Waals surface area contributed by atoms with Crippen LogP contribution < -0.4 is 0 Å². The summed E-state index contributed by atoms with van der Waals surface area (Å²) in [5, 5.41) is 2.64. The van der Waals surface area contributed by atoms with E-state index in [0.717, 1.165) is 0 Å². The summed E-state index contributed by atoms with van der Waals surface area (Å²) in [6.07, 6.45) is 0. The molecule has 7 aromatic carbocycles. The van der Waals surface area contributed by atoms with E-state index in [0.29, 0.717) is 0 Å². The SMILES string of the molecule is Cc1ccc(-c2ccccc2)cc1.Cc1ccc(C)cc1.Cc1ccc(C)cc1.Cc1ccc2ccccc2c1.Cc1ccccc1. The number of hydrogen-bond donors (Lipinski definition) is 0. The van der Waals surface area contributed by atoms with Crippen molar-refractivity contribution in [3.05, 3.63) is 215 Å². The van der Waals surface area contributed by atoms with Crippen LogP contribution in [0, 0.1) is 48.5 Å². The third-order valence-electron chi connectivity index (χ3n) is 7.44. The second-order valence-corrected chi connectivity index (χ2v) is 12.0. The second-order valence-electron chi connectivity index (χ2n) is 12.0. The van der Waals surface area contributed by atoms with E-state index >= 15 is 0 Å². The minimum atomic E-state index is 1.28. The lowest BCUT2D eigenvalue weighted by Crippen LogP contribution is -1.76. The van der Waals surface area contributed by atoms with Crippen molar-refractivity contribution in [1.29, 1.82) is 0 Å². The Morgan fingerprint density at radius 1 is 0.213 bits per heavy atom. The molecule has 0 atom stereocenters. The molecule has 0 aliphatic rings. The Balaban J connectivity index is 0.000000163. The summed E-state index contributed by atoms with van der Waals surface area (Å²) in [7, 11) is 0. The number of fused-ring (bicyclic) bond motifs is 1. The number of hydrogen-bond acceptors (Lipinski definition) is 0. The monoisotopic (exact) mass is 614 g/mol. The van der Waals surface area contributed by atoms with E-state index in [-0.39, 0.29) is 0 Å². The van der Waals surface area contributed by atoms with Crippen LogP contribution in [0.15, 0.2) is 176 Å². The maximum atomic E-state index is 2.20. The molecule has 0 aliphatic carbocycles. The van der Waals surface area contributed by atoms with Crippen LogP contribution in [0.1, 0.15) is 38.9 Å². The number of rotatable bonds is 1. The van der Waals surface area contributed by atoms with Gasteiger partial charge in [0, 0.05) is 0 Å². The molecule has 238 valence electrons. The van der Waals surface area contributed by atoms with Crippen LogP contribution >= 0.6 is 0 Å². The molecule has 0 aromatic heterocycles. The highest BCUT2D eigenvalue weighted by Gasteiger charge is 1.94. The molecule has 0 heteroatoms. The van der Waals surface area contributed by atoms with Gasteiger partial charge >= 0.3 is 0 Å². The van der Waals surface area contributed by atoms with E-state index in [1.807, 2.05) is 24.3 Å². The van der Waals surface area contributed by atoms with Crippen LogP contribution in [0.25, 0.3) is 21.9 Å². The molecule has 0 spiro atoms. The lowest BCUT2D eigenvalue weighted by Gasteiger charge is -2.00. The molecule has 47 heavy (non-hydrogen) atoms. The molecule has 0 amide bonds. The van der Waals surface area contributed by atoms with Crippen molar-refractivity contribution >= 4 is 10.8 Å². The maximum Gasteiger partial charge on any atom is -0.0181 e. The van der Waals surface area contributed by atoms with Gasteiger partial charge in [-0.15, -0.1) is 0 Å². The third kappa shape index (κ3) is 14.6. The summed E-state index contributed by atoms with van der Waals surface area (Å²) in [6.45, 7) is 14.7. The highest BCUT2D eigenvalue weighted by molar-refractivity contribution is 5.82. The van der Waals surface area contributed by atoms with E-state index in [2.05, 4.69) is 200 Å². The predicted octanol–water partition coefficient (Wildman–Crippen LogP) is 13.4. The van der Waals surface area contributed by atoms with Gasteiger partial charge in [0.15, 0.2) is 0 Å². The first-order valence-electron chi connectivity index (χ1n) is 16.4. The summed E-state index contributed by atoms with van der Waals surface area (Å²) < 4.78 is 0. The molecule has 7 aromatic rings. The molecule has 0 nitrogen and oxygen atoms in total. The summed E-state index contributed by atoms with van der Waals surface area (Å²) in [5.41, 5.74) is 11.8. The van der Waals surface area contributed by atoms with E-state index < -0.39 is 0 Å². The van der Waals surface area contributed by atoms with E-state index in [1.54, 1.807) is 0 Å². The third-order valence-corrected chi connectivity index (χ3v) is 7.44. The minimum absolute atomic E-state index is 1.28. The largest absolute Gasteiger partial charge is 0.0622 e. The number of aryl methyl sites for hydroxylation is 7.